The standard InChI is InChI=1S/C3H3BrN2O/c4-2-1-5-6-3(2)7/h1H,(H2,5,6,7). The lowest BCUT2D eigenvalue weighted by Crippen LogP contribution is -1.97. The van der Waals surface area contributed by atoms with Gasteiger partial charge >= 0.3 is 0 Å². The van der Waals surface area contributed by atoms with Crippen LogP contribution in [0.2, 0.25) is 0 Å². The Morgan fingerprint density at radius 2 is 2.43 bits per heavy atom. The zero-order valence-electron chi connectivity index (χ0n) is 3.36. The summed E-state index contributed by atoms with van der Waals surface area (Å²) in [5.74, 6) is 0. The Labute approximate surface area is 47.9 Å². The number of nitrogens with one attached hydrogen (secondary N) is 2. The van der Waals surface area contributed by atoms with Crippen molar-refractivity contribution in [3.8, 4) is 0 Å². The Morgan fingerprint density at radius 1 is 1.71 bits per heavy atom. The molecule has 1 heterocycles. The number of H-pyrrole nitrogens is 2. The summed E-state index contributed by atoms with van der Waals surface area (Å²) in [5, 5.41) is 4.85. The fourth-order valence-electron chi connectivity index (χ4n) is 0.290. The number of halogens is 1. The van der Waals surface area contributed by atoms with Crippen LogP contribution in [-0.2, 0) is 0 Å². The van der Waals surface area contributed by atoms with E-state index in [0.29, 0.717) is 4.47 Å². The first-order valence-electron chi connectivity index (χ1n) is 1.72. The van der Waals surface area contributed by atoms with Gasteiger partial charge in [0.1, 0.15) is 4.47 Å². The zero-order valence-corrected chi connectivity index (χ0v) is 4.95. The van der Waals surface area contributed by atoms with Gasteiger partial charge in [0, 0.05) is 6.20 Å². The molecule has 0 saturated carbocycles. The third-order valence-corrected chi connectivity index (χ3v) is 1.19. The fraction of sp³-hybridized carbons (Fsp3) is 0. The van der Waals surface area contributed by atoms with E-state index in [1.165, 1.54) is 0 Å². The highest BCUT2D eigenvalue weighted by atomic mass is 79.9. The maximum Gasteiger partial charge on any atom is 0.278 e. The lowest BCUT2D eigenvalue weighted by molar-refractivity contribution is 1.06. The van der Waals surface area contributed by atoms with Crippen molar-refractivity contribution >= 4 is 15.9 Å². The van der Waals surface area contributed by atoms with Crippen molar-refractivity contribution in [2.45, 2.75) is 0 Å². The van der Waals surface area contributed by atoms with Crippen LogP contribution < -0.4 is 5.56 Å². The van der Waals surface area contributed by atoms with Crippen molar-refractivity contribution in [1.82, 2.24) is 10.2 Å². The second-order valence-corrected chi connectivity index (χ2v) is 1.95. The molecule has 2 N–H and O–H groups in total. The Hall–Kier alpha value is -0.510. The summed E-state index contributed by atoms with van der Waals surface area (Å²) in [5.41, 5.74) is -0.125. The van der Waals surface area contributed by atoms with Crippen LogP contribution in [-0.4, -0.2) is 10.2 Å². The first-order chi connectivity index (χ1) is 3.30. The van der Waals surface area contributed by atoms with Crippen molar-refractivity contribution in [3.63, 3.8) is 0 Å². The summed E-state index contributed by atoms with van der Waals surface area (Å²) in [6.45, 7) is 0. The predicted octanol–water partition coefficient (Wildman–Crippen LogP) is 0.465. The minimum atomic E-state index is -0.125. The molecular weight excluding hydrogens is 160 g/mol. The molecule has 0 radical (unpaired) electrons. The maximum atomic E-state index is 10.3. The molecule has 0 atom stereocenters. The molecule has 1 aromatic heterocycles. The monoisotopic (exact) mass is 162 g/mol. The quantitative estimate of drug-likeness (QED) is 0.573. The minimum absolute atomic E-state index is 0.125. The van der Waals surface area contributed by atoms with E-state index in [4.69, 9.17) is 0 Å². The van der Waals surface area contributed by atoms with Gasteiger partial charge in [-0.1, -0.05) is 0 Å². The number of rotatable bonds is 0. The Kier molecular flexibility index (Phi) is 1.02. The van der Waals surface area contributed by atoms with Gasteiger partial charge in [0.25, 0.3) is 5.56 Å². The highest BCUT2D eigenvalue weighted by Crippen LogP contribution is 1.94. The summed E-state index contributed by atoms with van der Waals surface area (Å²) >= 11 is 2.99. The van der Waals surface area contributed by atoms with Crippen molar-refractivity contribution in [2.75, 3.05) is 0 Å². The number of hydrogen-bond donors (Lipinski definition) is 2. The highest BCUT2D eigenvalue weighted by Gasteiger charge is 1.88. The molecule has 0 bridgehead atoms. The summed E-state index contributed by atoms with van der Waals surface area (Å²) in [6, 6.07) is 0. The smallest absolute Gasteiger partial charge is 0.278 e. The number of hydrogen-bond acceptors (Lipinski definition) is 1. The van der Waals surface area contributed by atoms with E-state index in [9.17, 15) is 4.79 Å². The van der Waals surface area contributed by atoms with Gasteiger partial charge in [-0.15, -0.1) is 0 Å². The van der Waals surface area contributed by atoms with Crippen molar-refractivity contribution < 1.29 is 0 Å². The summed E-state index contributed by atoms with van der Waals surface area (Å²) in [6.07, 6.45) is 1.54. The largest absolute Gasteiger partial charge is 0.304 e. The average molecular weight is 163 g/mol. The molecule has 0 aliphatic rings. The van der Waals surface area contributed by atoms with Crippen LogP contribution in [0.5, 0.6) is 0 Å². The number of aromatic amines is 2. The summed E-state index contributed by atoms with van der Waals surface area (Å²) in [4.78, 5) is 10.3. The second-order valence-electron chi connectivity index (χ2n) is 1.09. The molecular formula is C3H3BrN2O. The SMILES string of the molecule is O=c1[nH][nH]cc1Br. The highest BCUT2D eigenvalue weighted by molar-refractivity contribution is 9.10. The van der Waals surface area contributed by atoms with Gasteiger partial charge in [-0.05, 0) is 15.9 Å². The molecule has 38 valence electrons. The van der Waals surface area contributed by atoms with E-state index in [1.807, 2.05) is 0 Å². The van der Waals surface area contributed by atoms with Crippen molar-refractivity contribution in [1.29, 1.82) is 0 Å². The van der Waals surface area contributed by atoms with E-state index in [1.54, 1.807) is 6.20 Å². The van der Waals surface area contributed by atoms with Gasteiger partial charge in [0.2, 0.25) is 0 Å². The van der Waals surface area contributed by atoms with Crippen LogP contribution >= 0.6 is 15.9 Å². The van der Waals surface area contributed by atoms with Gasteiger partial charge in [-0.3, -0.25) is 9.89 Å². The molecule has 0 spiro atoms. The van der Waals surface area contributed by atoms with Crippen molar-refractivity contribution in [2.24, 2.45) is 0 Å². The molecule has 0 amide bonds. The van der Waals surface area contributed by atoms with E-state index < -0.39 is 0 Å². The van der Waals surface area contributed by atoms with Crippen LogP contribution in [0.1, 0.15) is 0 Å². The predicted molar refractivity (Wildman–Crippen MR) is 29.1 cm³/mol. The Bertz CT molecular complexity index is 201. The molecule has 0 aliphatic carbocycles. The molecule has 0 saturated heterocycles. The summed E-state index contributed by atoms with van der Waals surface area (Å²) < 4.78 is 0.535. The lowest BCUT2D eigenvalue weighted by atomic mass is 10.7. The van der Waals surface area contributed by atoms with Crippen LogP contribution in [0, 0.1) is 0 Å². The first kappa shape index (κ1) is 4.64. The normalized spacial score (nSPS) is 9.29. The molecule has 0 aromatic carbocycles. The van der Waals surface area contributed by atoms with Crippen LogP contribution in [0.25, 0.3) is 0 Å². The van der Waals surface area contributed by atoms with Crippen molar-refractivity contribution in [3.05, 3.63) is 21.0 Å². The molecule has 1 rings (SSSR count). The maximum absolute atomic E-state index is 10.3. The average Bonchev–Trinajstić information content (AvgIpc) is 1.91. The molecule has 0 unspecified atom stereocenters. The van der Waals surface area contributed by atoms with E-state index in [0.717, 1.165) is 0 Å². The molecule has 7 heavy (non-hydrogen) atoms. The van der Waals surface area contributed by atoms with Gasteiger partial charge < -0.3 is 5.10 Å². The minimum Gasteiger partial charge on any atom is -0.304 e. The molecule has 3 nitrogen and oxygen atoms in total. The zero-order chi connectivity index (χ0) is 5.28. The first-order valence-corrected chi connectivity index (χ1v) is 2.51. The third kappa shape index (κ3) is 0.742. The van der Waals surface area contributed by atoms with Crippen LogP contribution in [0.3, 0.4) is 0 Å². The Morgan fingerprint density at radius 3 is 2.57 bits per heavy atom. The summed E-state index contributed by atoms with van der Waals surface area (Å²) in [7, 11) is 0. The van der Waals surface area contributed by atoms with Gasteiger partial charge in [0.05, 0.1) is 0 Å². The van der Waals surface area contributed by atoms with Gasteiger partial charge in [0.15, 0.2) is 0 Å². The van der Waals surface area contributed by atoms with E-state index in [2.05, 4.69) is 26.1 Å². The van der Waals surface area contributed by atoms with Crippen LogP contribution in [0.4, 0.5) is 0 Å². The van der Waals surface area contributed by atoms with E-state index >= 15 is 0 Å². The molecule has 0 fully saturated rings. The topological polar surface area (TPSA) is 48.6 Å². The molecule has 1 aromatic rings. The fourth-order valence-corrected chi connectivity index (χ4v) is 0.504. The second kappa shape index (κ2) is 1.54. The van der Waals surface area contributed by atoms with Gasteiger partial charge in [-0.25, -0.2) is 0 Å². The van der Waals surface area contributed by atoms with E-state index in [-0.39, 0.29) is 5.56 Å². The van der Waals surface area contributed by atoms with Gasteiger partial charge in [-0.2, -0.15) is 0 Å². The Balaban J connectivity index is 3.39. The number of aromatic nitrogens is 2. The van der Waals surface area contributed by atoms with Crippen LogP contribution in [0.15, 0.2) is 15.5 Å². The molecule has 0 aliphatic heterocycles. The molecule has 4 heteroatoms. The lowest BCUT2D eigenvalue weighted by Gasteiger charge is -1.60. The third-order valence-electron chi connectivity index (χ3n) is 0.602.